The van der Waals surface area contributed by atoms with Gasteiger partial charge in [0, 0.05) is 6.54 Å². The number of nitrogens with zero attached hydrogens (tertiary/aromatic N) is 1. The standard InChI is InChI=1S/C13H15BrFNO/c1-2-3-9-16-11(13(14,15)12(16)17)10-7-5-4-6-8-10/h4-8,11H,2-3,9H2,1H3/t11-,13-/m0/s1. The summed E-state index contributed by atoms with van der Waals surface area (Å²) in [6, 6.07) is 8.81. The fourth-order valence-corrected chi connectivity index (χ4v) is 2.88. The van der Waals surface area contributed by atoms with Crippen LogP contribution in [-0.4, -0.2) is 21.9 Å². The Labute approximate surface area is 109 Å². The number of carbonyl (C=O) groups is 1. The average molecular weight is 300 g/mol. The van der Waals surface area contributed by atoms with Crippen molar-refractivity contribution in [1.29, 1.82) is 0 Å². The summed E-state index contributed by atoms with van der Waals surface area (Å²) < 4.78 is 12.2. The molecule has 1 heterocycles. The summed E-state index contributed by atoms with van der Waals surface area (Å²) in [6.07, 6.45) is 1.89. The molecule has 0 aromatic heterocycles. The molecule has 1 fully saturated rings. The molecule has 0 aliphatic carbocycles. The highest BCUT2D eigenvalue weighted by atomic mass is 79.9. The normalized spacial score (nSPS) is 28.1. The summed E-state index contributed by atoms with van der Waals surface area (Å²) in [5.41, 5.74) is 0.836. The van der Waals surface area contributed by atoms with Gasteiger partial charge in [0.25, 0.3) is 10.5 Å². The molecule has 0 spiro atoms. The zero-order chi connectivity index (χ0) is 12.5. The molecule has 2 atom stereocenters. The Bertz CT molecular complexity index is 407. The molecule has 1 saturated heterocycles. The highest BCUT2D eigenvalue weighted by Gasteiger charge is 2.60. The van der Waals surface area contributed by atoms with Crippen molar-refractivity contribution in [2.45, 2.75) is 30.4 Å². The van der Waals surface area contributed by atoms with Crippen LogP contribution in [0.3, 0.4) is 0 Å². The molecule has 0 saturated carbocycles. The van der Waals surface area contributed by atoms with E-state index in [9.17, 15) is 9.18 Å². The van der Waals surface area contributed by atoms with Gasteiger partial charge in [0.05, 0.1) is 0 Å². The lowest BCUT2D eigenvalue weighted by Gasteiger charge is -2.48. The van der Waals surface area contributed by atoms with E-state index in [1.807, 2.05) is 30.3 Å². The molecular formula is C13H15BrFNO. The van der Waals surface area contributed by atoms with Gasteiger partial charge < -0.3 is 4.90 Å². The monoisotopic (exact) mass is 299 g/mol. The first-order valence-corrected chi connectivity index (χ1v) is 6.62. The summed E-state index contributed by atoms with van der Waals surface area (Å²) in [6.45, 7) is 2.67. The molecule has 92 valence electrons. The Kier molecular flexibility index (Phi) is 3.52. The largest absolute Gasteiger partial charge is 0.327 e. The molecule has 0 N–H and O–H groups in total. The van der Waals surface area contributed by atoms with Crippen LogP contribution >= 0.6 is 15.9 Å². The number of β-lactam (4-membered cyclic amide) rings is 1. The van der Waals surface area contributed by atoms with Gasteiger partial charge in [-0.05, 0) is 27.9 Å². The summed E-state index contributed by atoms with van der Waals surface area (Å²) >= 11 is 2.91. The van der Waals surface area contributed by atoms with Gasteiger partial charge in [0.15, 0.2) is 0 Å². The second-order valence-electron chi connectivity index (χ2n) is 4.29. The first kappa shape index (κ1) is 12.6. The van der Waals surface area contributed by atoms with Crippen LogP contribution in [0.4, 0.5) is 4.39 Å². The lowest BCUT2D eigenvalue weighted by atomic mass is 9.91. The van der Waals surface area contributed by atoms with Crippen LogP contribution in [0.2, 0.25) is 0 Å². The zero-order valence-electron chi connectivity index (χ0n) is 9.70. The predicted molar refractivity (Wildman–Crippen MR) is 68.6 cm³/mol. The molecule has 1 aromatic rings. The summed E-state index contributed by atoms with van der Waals surface area (Å²) in [7, 11) is 0. The van der Waals surface area contributed by atoms with E-state index < -0.39 is 16.5 Å². The van der Waals surface area contributed by atoms with Gasteiger partial charge in [-0.3, -0.25) is 4.79 Å². The number of amides is 1. The van der Waals surface area contributed by atoms with E-state index in [0.29, 0.717) is 6.54 Å². The van der Waals surface area contributed by atoms with E-state index in [0.717, 1.165) is 18.4 Å². The third-order valence-corrected chi connectivity index (χ3v) is 3.84. The molecule has 4 heteroatoms. The number of rotatable bonds is 4. The Morgan fingerprint density at radius 3 is 2.65 bits per heavy atom. The molecular weight excluding hydrogens is 285 g/mol. The van der Waals surface area contributed by atoms with Crippen LogP contribution in [0.15, 0.2) is 30.3 Å². The molecule has 0 radical (unpaired) electrons. The Morgan fingerprint density at radius 2 is 2.06 bits per heavy atom. The molecule has 1 amide bonds. The fraction of sp³-hybridized carbons (Fsp3) is 0.462. The smallest absolute Gasteiger partial charge is 0.274 e. The number of carbonyl (C=O) groups excluding carboxylic acids is 1. The van der Waals surface area contributed by atoms with Crippen molar-refractivity contribution in [3.63, 3.8) is 0 Å². The second-order valence-corrected chi connectivity index (χ2v) is 5.44. The number of benzene rings is 1. The minimum atomic E-state index is -1.93. The van der Waals surface area contributed by atoms with Gasteiger partial charge >= 0.3 is 0 Å². The molecule has 0 unspecified atom stereocenters. The maximum atomic E-state index is 14.2. The van der Waals surface area contributed by atoms with Crippen molar-refractivity contribution in [3.05, 3.63) is 35.9 Å². The quantitative estimate of drug-likeness (QED) is 0.616. The third kappa shape index (κ3) is 2.10. The van der Waals surface area contributed by atoms with Gasteiger partial charge in [0.1, 0.15) is 6.04 Å². The number of halogens is 2. The molecule has 1 aliphatic heterocycles. The van der Waals surface area contributed by atoms with Crippen LogP contribution in [0.1, 0.15) is 31.4 Å². The van der Waals surface area contributed by atoms with Gasteiger partial charge in [0.2, 0.25) is 0 Å². The molecule has 17 heavy (non-hydrogen) atoms. The SMILES string of the molecule is CCCCN1C(=O)[C@](F)(Br)[C@@H]1c1ccccc1. The summed E-state index contributed by atoms with van der Waals surface area (Å²) in [5, 5.41) is 0. The van der Waals surface area contributed by atoms with Gasteiger partial charge in [-0.25, -0.2) is 4.39 Å². The van der Waals surface area contributed by atoms with Crippen LogP contribution < -0.4 is 0 Å². The van der Waals surface area contributed by atoms with Crippen molar-refractivity contribution in [2.24, 2.45) is 0 Å². The molecule has 1 aliphatic rings. The van der Waals surface area contributed by atoms with E-state index >= 15 is 0 Å². The van der Waals surface area contributed by atoms with Gasteiger partial charge in [-0.2, -0.15) is 0 Å². The highest BCUT2D eigenvalue weighted by Crippen LogP contribution is 2.50. The lowest BCUT2D eigenvalue weighted by Crippen LogP contribution is -2.62. The number of hydrogen-bond acceptors (Lipinski definition) is 1. The van der Waals surface area contributed by atoms with Crippen molar-refractivity contribution >= 4 is 21.8 Å². The van der Waals surface area contributed by atoms with E-state index in [1.54, 1.807) is 4.90 Å². The average Bonchev–Trinajstić information content (AvgIpc) is 2.34. The molecule has 2 rings (SSSR count). The Hall–Kier alpha value is -0.900. The van der Waals surface area contributed by atoms with Crippen LogP contribution in [0.25, 0.3) is 0 Å². The zero-order valence-corrected chi connectivity index (χ0v) is 11.3. The van der Waals surface area contributed by atoms with Crippen LogP contribution in [0.5, 0.6) is 0 Å². The number of likely N-dealkylation sites (tertiary alicyclic amines) is 1. The van der Waals surface area contributed by atoms with Gasteiger partial charge in [-0.15, -0.1) is 0 Å². The Morgan fingerprint density at radius 1 is 1.41 bits per heavy atom. The molecule has 1 aromatic carbocycles. The summed E-state index contributed by atoms with van der Waals surface area (Å²) in [4.78, 5) is 13.3. The van der Waals surface area contributed by atoms with Crippen molar-refractivity contribution in [3.8, 4) is 0 Å². The number of alkyl halides is 2. The minimum absolute atomic E-state index is 0.459. The van der Waals surface area contributed by atoms with Crippen molar-refractivity contribution in [2.75, 3.05) is 6.54 Å². The topological polar surface area (TPSA) is 20.3 Å². The van der Waals surface area contributed by atoms with E-state index in [2.05, 4.69) is 22.9 Å². The van der Waals surface area contributed by atoms with Crippen molar-refractivity contribution < 1.29 is 9.18 Å². The number of hydrogen-bond donors (Lipinski definition) is 0. The maximum absolute atomic E-state index is 14.2. The second kappa shape index (κ2) is 4.77. The fourth-order valence-electron chi connectivity index (χ4n) is 2.14. The lowest BCUT2D eigenvalue weighted by molar-refractivity contribution is -0.162. The van der Waals surface area contributed by atoms with E-state index in [4.69, 9.17) is 0 Å². The first-order valence-electron chi connectivity index (χ1n) is 5.83. The maximum Gasteiger partial charge on any atom is 0.274 e. The predicted octanol–water partition coefficient (Wildman–Crippen LogP) is 3.43. The third-order valence-electron chi connectivity index (χ3n) is 3.07. The molecule has 0 bridgehead atoms. The van der Waals surface area contributed by atoms with Crippen LogP contribution in [0, 0.1) is 0 Å². The Balaban J connectivity index is 2.21. The minimum Gasteiger partial charge on any atom is -0.327 e. The van der Waals surface area contributed by atoms with E-state index in [1.165, 1.54) is 0 Å². The van der Waals surface area contributed by atoms with Gasteiger partial charge in [-0.1, -0.05) is 43.7 Å². The molecule has 2 nitrogen and oxygen atoms in total. The van der Waals surface area contributed by atoms with E-state index in [-0.39, 0.29) is 0 Å². The first-order chi connectivity index (χ1) is 8.09. The van der Waals surface area contributed by atoms with Crippen molar-refractivity contribution in [1.82, 2.24) is 4.90 Å². The highest BCUT2D eigenvalue weighted by molar-refractivity contribution is 9.10. The number of unbranched alkanes of at least 4 members (excludes halogenated alkanes) is 1. The summed E-state index contributed by atoms with van der Waals surface area (Å²) in [5.74, 6) is -0.459. The van der Waals surface area contributed by atoms with Crippen LogP contribution in [-0.2, 0) is 4.79 Å².